The quantitative estimate of drug-likeness (QED) is 0.781. The maximum Gasteiger partial charge on any atom is 0.237 e. The zero-order valence-electron chi connectivity index (χ0n) is 9.80. The normalized spacial score (nSPS) is 20.7. The van der Waals surface area contributed by atoms with Gasteiger partial charge in [-0.25, -0.2) is 8.42 Å². The van der Waals surface area contributed by atoms with Crippen LogP contribution in [0.3, 0.4) is 0 Å². The van der Waals surface area contributed by atoms with Crippen molar-refractivity contribution in [1.29, 1.82) is 0 Å². The van der Waals surface area contributed by atoms with Crippen molar-refractivity contribution in [1.82, 2.24) is 5.16 Å². The third-order valence-corrected chi connectivity index (χ3v) is 4.67. The molecule has 8 heteroatoms. The highest BCUT2D eigenvalue weighted by Crippen LogP contribution is 2.27. The molecule has 0 bridgehead atoms. The summed E-state index contributed by atoms with van der Waals surface area (Å²) in [5.74, 6) is -0.0327. The summed E-state index contributed by atoms with van der Waals surface area (Å²) in [7, 11) is 1.53. The van der Waals surface area contributed by atoms with Gasteiger partial charge in [0.25, 0.3) is 0 Å². The van der Waals surface area contributed by atoms with Gasteiger partial charge < -0.3 is 4.52 Å². The molecular formula is C10H13ClN2O4S. The molecule has 1 amide bonds. The van der Waals surface area contributed by atoms with Crippen LogP contribution in [-0.2, 0) is 20.3 Å². The summed E-state index contributed by atoms with van der Waals surface area (Å²) in [6, 6.07) is 1.66. The molecule has 1 aliphatic heterocycles. The molecule has 1 unspecified atom stereocenters. The van der Waals surface area contributed by atoms with Crippen LogP contribution in [0, 0.1) is 0 Å². The standard InChI is InChI=1S/C10H13ClN2O4S/c1-2-3-7-4-10(17-12-7)13-6-8(5-9(13)14)18(11,15)16/h4,8H,2-3,5-6H2,1H3. The molecule has 0 radical (unpaired) electrons. The van der Waals surface area contributed by atoms with E-state index in [1.807, 2.05) is 6.92 Å². The van der Waals surface area contributed by atoms with Gasteiger partial charge in [0.2, 0.25) is 20.8 Å². The third-order valence-electron chi connectivity index (χ3n) is 2.81. The van der Waals surface area contributed by atoms with Crippen molar-refractivity contribution in [3.8, 4) is 0 Å². The van der Waals surface area contributed by atoms with Crippen molar-refractivity contribution < 1.29 is 17.7 Å². The van der Waals surface area contributed by atoms with Gasteiger partial charge in [-0.3, -0.25) is 9.69 Å². The number of aryl methyl sites for hydroxylation is 1. The Morgan fingerprint density at radius 1 is 1.61 bits per heavy atom. The minimum atomic E-state index is -3.73. The van der Waals surface area contributed by atoms with Crippen molar-refractivity contribution in [3.63, 3.8) is 0 Å². The summed E-state index contributed by atoms with van der Waals surface area (Å²) in [6.07, 6.45) is 1.55. The largest absolute Gasteiger partial charge is 0.338 e. The molecule has 2 rings (SSSR count). The first-order valence-electron chi connectivity index (χ1n) is 5.61. The molecule has 1 aromatic heterocycles. The number of aromatic nitrogens is 1. The minimum absolute atomic E-state index is 0.0193. The highest BCUT2D eigenvalue weighted by Gasteiger charge is 2.39. The Labute approximate surface area is 109 Å². The fourth-order valence-electron chi connectivity index (χ4n) is 1.88. The van der Waals surface area contributed by atoms with Gasteiger partial charge in [-0.05, 0) is 6.42 Å². The van der Waals surface area contributed by atoms with E-state index in [1.165, 1.54) is 4.90 Å². The molecule has 2 heterocycles. The Balaban J connectivity index is 2.16. The first-order valence-corrected chi connectivity index (χ1v) is 7.98. The second-order valence-electron chi connectivity index (χ2n) is 4.21. The monoisotopic (exact) mass is 292 g/mol. The SMILES string of the molecule is CCCc1cc(N2CC(S(=O)(=O)Cl)CC2=O)on1. The van der Waals surface area contributed by atoms with E-state index in [0.29, 0.717) is 0 Å². The van der Waals surface area contributed by atoms with Crippen LogP contribution < -0.4 is 4.90 Å². The van der Waals surface area contributed by atoms with Gasteiger partial charge in [0.1, 0.15) is 5.25 Å². The summed E-state index contributed by atoms with van der Waals surface area (Å²) in [4.78, 5) is 13.0. The Morgan fingerprint density at radius 3 is 2.89 bits per heavy atom. The van der Waals surface area contributed by atoms with Crippen LogP contribution >= 0.6 is 10.7 Å². The molecule has 0 aromatic carbocycles. The van der Waals surface area contributed by atoms with Gasteiger partial charge in [-0.2, -0.15) is 0 Å². The van der Waals surface area contributed by atoms with Crippen molar-refractivity contribution in [2.45, 2.75) is 31.4 Å². The molecule has 1 fully saturated rings. The number of halogens is 1. The molecule has 1 aromatic rings. The lowest BCUT2D eigenvalue weighted by atomic mass is 10.2. The lowest BCUT2D eigenvalue weighted by molar-refractivity contribution is -0.117. The van der Waals surface area contributed by atoms with Gasteiger partial charge in [0, 0.05) is 29.7 Å². The van der Waals surface area contributed by atoms with E-state index >= 15 is 0 Å². The first kappa shape index (κ1) is 13.4. The predicted octanol–water partition coefficient (Wildman–Crippen LogP) is 1.30. The smallest absolute Gasteiger partial charge is 0.237 e. The molecule has 18 heavy (non-hydrogen) atoms. The summed E-state index contributed by atoms with van der Waals surface area (Å²) in [6.45, 7) is 2.02. The Hall–Kier alpha value is -1.08. The fourth-order valence-corrected chi connectivity index (χ4v) is 2.90. The fraction of sp³-hybridized carbons (Fsp3) is 0.600. The third kappa shape index (κ3) is 2.67. The number of nitrogens with zero attached hydrogens (tertiary/aromatic N) is 2. The molecule has 1 saturated heterocycles. The average molecular weight is 293 g/mol. The number of hydrogen-bond donors (Lipinski definition) is 0. The van der Waals surface area contributed by atoms with Gasteiger partial charge in [0.15, 0.2) is 0 Å². The predicted molar refractivity (Wildman–Crippen MR) is 66.0 cm³/mol. The van der Waals surface area contributed by atoms with Crippen molar-refractivity contribution in [3.05, 3.63) is 11.8 Å². The maximum absolute atomic E-state index is 11.7. The Morgan fingerprint density at radius 2 is 2.33 bits per heavy atom. The highest BCUT2D eigenvalue weighted by atomic mass is 35.7. The van der Waals surface area contributed by atoms with Crippen LogP contribution in [0.25, 0.3) is 0 Å². The van der Waals surface area contributed by atoms with E-state index in [9.17, 15) is 13.2 Å². The number of amides is 1. The minimum Gasteiger partial charge on any atom is -0.338 e. The van der Waals surface area contributed by atoms with E-state index in [-0.39, 0.29) is 24.8 Å². The first-order chi connectivity index (χ1) is 8.41. The van der Waals surface area contributed by atoms with E-state index in [4.69, 9.17) is 15.2 Å². The molecule has 0 aliphatic carbocycles. The van der Waals surface area contributed by atoms with Crippen LogP contribution in [0.2, 0.25) is 0 Å². The summed E-state index contributed by atoms with van der Waals surface area (Å²) in [5.41, 5.74) is 0.748. The summed E-state index contributed by atoms with van der Waals surface area (Å²) >= 11 is 0. The van der Waals surface area contributed by atoms with Crippen LogP contribution in [0.15, 0.2) is 10.6 Å². The lowest BCUT2D eigenvalue weighted by Crippen LogP contribution is -2.26. The van der Waals surface area contributed by atoms with Gasteiger partial charge in [-0.15, -0.1) is 0 Å². The second-order valence-corrected chi connectivity index (χ2v) is 7.12. The molecular weight excluding hydrogens is 280 g/mol. The number of anilines is 1. The topological polar surface area (TPSA) is 80.5 Å². The van der Waals surface area contributed by atoms with Gasteiger partial charge >= 0.3 is 0 Å². The molecule has 1 atom stereocenters. The Kier molecular flexibility index (Phi) is 3.63. The molecule has 0 spiro atoms. The number of carbonyl (C=O) groups is 1. The summed E-state index contributed by atoms with van der Waals surface area (Å²) in [5, 5.41) is 2.94. The summed E-state index contributed by atoms with van der Waals surface area (Å²) < 4.78 is 27.5. The molecule has 0 N–H and O–H groups in total. The zero-order chi connectivity index (χ0) is 13.3. The number of rotatable bonds is 4. The maximum atomic E-state index is 11.7. The van der Waals surface area contributed by atoms with E-state index in [1.54, 1.807) is 6.07 Å². The van der Waals surface area contributed by atoms with Crippen LogP contribution in [0.5, 0.6) is 0 Å². The second kappa shape index (κ2) is 4.89. The van der Waals surface area contributed by atoms with Crippen LogP contribution in [-0.4, -0.2) is 31.3 Å². The number of hydrogen-bond acceptors (Lipinski definition) is 5. The molecule has 1 aliphatic rings. The molecule has 6 nitrogen and oxygen atoms in total. The van der Waals surface area contributed by atoms with Crippen molar-refractivity contribution >= 4 is 31.5 Å². The van der Waals surface area contributed by atoms with E-state index in [2.05, 4.69) is 5.16 Å². The molecule has 100 valence electrons. The van der Waals surface area contributed by atoms with E-state index in [0.717, 1.165) is 18.5 Å². The van der Waals surface area contributed by atoms with Gasteiger partial charge in [0.05, 0.1) is 5.69 Å². The molecule has 0 saturated carbocycles. The van der Waals surface area contributed by atoms with Crippen molar-refractivity contribution in [2.24, 2.45) is 0 Å². The van der Waals surface area contributed by atoms with Gasteiger partial charge in [-0.1, -0.05) is 18.5 Å². The highest BCUT2D eigenvalue weighted by molar-refractivity contribution is 8.14. The zero-order valence-corrected chi connectivity index (χ0v) is 11.4. The van der Waals surface area contributed by atoms with Crippen LogP contribution in [0.1, 0.15) is 25.5 Å². The van der Waals surface area contributed by atoms with Crippen LogP contribution in [0.4, 0.5) is 5.88 Å². The Bertz CT molecular complexity index is 554. The van der Waals surface area contributed by atoms with Crippen molar-refractivity contribution in [2.75, 3.05) is 11.4 Å². The average Bonchev–Trinajstić information content (AvgIpc) is 2.84. The lowest BCUT2D eigenvalue weighted by Gasteiger charge is -2.10. The number of carbonyl (C=O) groups excluding carboxylic acids is 1. The van der Waals surface area contributed by atoms with E-state index < -0.39 is 14.3 Å².